The molecule has 2 rings (SSSR count). The largest absolute Gasteiger partial charge is 0.380 e. The van der Waals surface area contributed by atoms with Gasteiger partial charge in [0.05, 0.1) is 26.3 Å². The van der Waals surface area contributed by atoms with Gasteiger partial charge in [0.2, 0.25) is 0 Å². The Morgan fingerprint density at radius 2 is 2.00 bits per heavy atom. The Hall–Kier alpha value is -0.260. The molecule has 0 saturated carbocycles. The lowest BCUT2D eigenvalue weighted by molar-refractivity contribution is -0.201. The number of alkyl halides is 2. The molecule has 0 bridgehead atoms. The smallest absolute Gasteiger partial charge is 0.272 e. The third kappa shape index (κ3) is 1.68. The molecule has 0 aromatic carbocycles. The van der Waals surface area contributed by atoms with Crippen LogP contribution in [0.15, 0.2) is 0 Å². The van der Waals surface area contributed by atoms with E-state index in [1.165, 1.54) is 0 Å². The Balaban J connectivity index is 1.74. The van der Waals surface area contributed by atoms with Crippen molar-refractivity contribution < 1.29 is 13.5 Å². The fourth-order valence-electron chi connectivity index (χ4n) is 1.98. The van der Waals surface area contributed by atoms with E-state index in [9.17, 15) is 8.78 Å². The van der Waals surface area contributed by atoms with Crippen LogP contribution in [-0.4, -0.2) is 50.2 Å². The van der Waals surface area contributed by atoms with Gasteiger partial charge in [-0.05, 0) is 0 Å². The summed E-state index contributed by atoms with van der Waals surface area (Å²) in [5.41, 5.74) is 5.16. The second kappa shape index (κ2) is 2.87. The molecule has 2 saturated heterocycles. The maximum atomic E-state index is 12.8. The monoisotopic (exact) mass is 192 g/mol. The average molecular weight is 192 g/mol. The zero-order valence-electron chi connectivity index (χ0n) is 7.43. The fourth-order valence-corrected chi connectivity index (χ4v) is 1.98. The highest BCUT2D eigenvalue weighted by molar-refractivity contribution is 5.00. The van der Waals surface area contributed by atoms with Gasteiger partial charge in [-0.2, -0.15) is 0 Å². The molecule has 0 radical (unpaired) electrons. The lowest BCUT2D eigenvalue weighted by atomic mass is 9.78. The van der Waals surface area contributed by atoms with Crippen LogP contribution in [0, 0.1) is 5.41 Å². The maximum Gasteiger partial charge on any atom is 0.272 e. The number of rotatable bonds is 3. The summed E-state index contributed by atoms with van der Waals surface area (Å²) in [5.74, 6) is -2.73. The minimum absolute atomic E-state index is 0.203. The van der Waals surface area contributed by atoms with Crippen molar-refractivity contribution in [1.82, 2.24) is 4.90 Å². The van der Waals surface area contributed by atoms with Crippen molar-refractivity contribution in [2.24, 2.45) is 11.1 Å². The number of nitrogens with zero attached hydrogens (tertiary/aromatic N) is 1. The minimum atomic E-state index is -2.73. The topological polar surface area (TPSA) is 38.5 Å². The summed E-state index contributed by atoms with van der Waals surface area (Å²) in [6, 6.07) is 0. The Bertz CT molecular complexity index is 198. The number of halogens is 2. The first-order valence-electron chi connectivity index (χ1n) is 4.43. The standard InChI is InChI=1S/C8H14F2N2O/c9-8(10,1-11)4-12-2-7(3-12)5-13-6-7/h1-6,11H2. The molecule has 13 heavy (non-hydrogen) atoms. The van der Waals surface area contributed by atoms with Crippen LogP contribution in [0.5, 0.6) is 0 Å². The molecule has 0 aliphatic carbocycles. The van der Waals surface area contributed by atoms with E-state index in [1.807, 2.05) is 0 Å². The van der Waals surface area contributed by atoms with Gasteiger partial charge in [0.15, 0.2) is 0 Å². The van der Waals surface area contributed by atoms with Crippen LogP contribution in [0.3, 0.4) is 0 Å². The molecule has 0 amide bonds. The second-order valence-corrected chi connectivity index (χ2v) is 4.20. The SMILES string of the molecule is NCC(F)(F)CN1CC2(COC2)C1. The lowest BCUT2D eigenvalue weighted by Crippen LogP contribution is -2.67. The van der Waals surface area contributed by atoms with Crippen LogP contribution in [0.4, 0.5) is 8.78 Å². The molecule has 2 heterocycles. The molecule has 5 heteroatoms. The molecule has 1 spiro atoms. The van der Waals surface area contributed by atoms with Crippen molar-refractivity contribution in [2.75, 3.05) is 39.4 Å². The molecule has 76 valence electrons. The molecular formula is C8H14F2N2O. The Labute approximate surface area is 75.8 Å². The van der Waals surface area contributed by atoms with Gasteiger partial charge in [-0.1, -0.05) is 0 Å². The molecule has 3 nitrogen and oxygen atoms in total. The molecule has 2 aliphatic heterocycles. The van der Waals surface area contributed by atoms with Crippen LogP contribution in [0.25, 0.3) is 0 Å². The average Bonchev–Trinajstić information content (AvgIpc) is 1.92. The Morgan fingerprint density at radius 1 is 1.38 bits per heavy atom. The quantitative estimate of drug-likeness (QED) is 0.679. The summed E-state index contributed by atoms with van der Waals surface area (Å²) >= 11 is 0. The first-order chi connectivity index (χ1) is 6.05. The zero-order chi connectivity index (χ0) is 9.53. The predicted molar refractivity (Wildman–Crippen MR) is 43.7 cm³/mol. The van der Waals surface area contributed by atoms with Crippen LogP contribution < -0.4 is 5.73 Å². The van der Waals surface area contributed by atoms with Gasteiger partial charge in [-0.3, -0.25) is 4.90 Å². The first-order valence-corrected chi connectivity index (χ1v) is 4.43. The van der Waals surface area contributed by atoms with E-state index >= 15 is 0 Å². The third-order valence-electron chi connectivity index (χ3n) is 2.69. The van der Waals surface area contributed by atoms with Crippen molar-refractivity contribution in [3.63, 3.8) is 0 Å². The van der Waals surface area contributed by atoms with Gasteiger partial charge in [0.25, 0.3) is 5.92 Å². The van der Waals surface area contributed by atoms with E-state index in [0.29, 0.717) is 0 Å². The van der Waals surface area contributed by atoms with Crippen molar-refractivity contribution in [2.45, 2.75) is 5.92 Å². The van der Waals surface area contributed by atoms with Crippen LogP contribution in [0.1, 0.15) is 0 Å². The molecule has 2 N–H and O–H groups in total. The van der Waals surface area contributed by atoms with Crippen molar-refractivity contribution >= 4 is 0 Å². The maximum absolute atomic E-state index is 12.8. The van der Waals surface area contributed by atoms with Crippen LogP contribution in [-0.2, 0) is 4.74 Å². The van der Waals surface area contributed by atoms with E-state index in [4.69, 9.17) is 10.5 Å². The fraction of sp³-hybridized carbons (Fsp3) is 1.00. The summed E-state index contributed by atoms with van der Waals surface area (Å²) in [4.78, 5) is 1.75. The molecule has 0 aromatic rings. The van der Waals surface area contributed by atoms with Crippen molar-refractivity contribution in [3.8, 4) is 0 Å². The molecular weight excluding hydrogens is 178 g/mol. The number of ether oxygens (including phenoxy) is 1. The normalized spacial score (nSPS) is 27.0. The van der Waals surface area contributed by atoms with Gasteiger partial charge in [-0.15, -0.1) is 0 Å². The third-order valence-corrected chi connectivity index (χ3v) is 2.69. The highest BCUT2D eigenvalue weighted by Gasteiger charge is 2.50. The summed E-state index contributed by atoms with van der Waals surface area (Å²) < 4.78 is 30.6. The second-order valence-electron chi connectivity index (χ2n) is 4.20. The van der Waals surface area contributed by atoms with Gasteiger partial charge in [-0.25, -0.2) is 8.78 Å². The zero-order valence-corrected chi connectivity index (χ0v) is 7.43. The van der Waals surface area contributed by atoms with Gasteiger partial charge < -0.3 is 10.5 Å². The van der Waals surface area contributed by atoms with Crippen LogP contribution in [0.2, 0.25) is 0 Å². The van der Waals surface area contributed by atoms with Gasteiger partial charge >= 0.3 is 0 Å². The van der Waals surface area contributed by atoms with Crippen molar-refractivity contribution in [3.05, 3.63) is 0 Å². The molecule has 2 fully saturated rings. The summed E-state index contributed by atoms with van der Waals surface area (Å²) in [6.45, 7) is 2.18. The van der Waals surface area contributed by atoms with Crippen molar-refractivity contribution in [1.29, 1.82) is 0 Å². The number of likely N-dealkylation sites (tertiary alicyclic amines) is 1. The van der Waals surface area contributed by atoms with Gasteiger partial charge in [0.1, 0.15) is 0 Å². The summed E-state index contributed by atoms with van der Waals surface area (Å²) in [6.07, 6.45) is 0. The lowest BCUT2D eigenvalue weighted by Gasteiger charge is -2.55. The summed E-state index contributed by atoms with van der Waals surface area (Å²) in [7, 11) is 0. The molecule has 0 unspecified atom stereocenters. The molecule has 2 aliphatic rings. The highest BCUT2D eigenvalue weighted by atomic mass is 19.3. The number of nitrogens with two attached hydrogens (primary N) is 1. The van der Waals surface area contributed by atoms with E-state index in [-0.39, 0.29) is 12.0 Å². The summed E-state index contributed by atoms with van der Waals surface area (Å²) in [5, 5.41) is 0. The number of hydrogen-bond donors (Lipinski definition) is 1. The molecule has 0 aromatic heterocycles. The first kappa shape index (κ1) is 9.30. The van der Waals surface area contributed by atoms with E-state index in [1.54, 1.807) is 4.90 Å². The Kier molecular flexibility index (Phi) is 2.05. The van der Waals surface area contributed by atoms with E-state index in [0.717, 1.165) is 26.3 Å². The number of hydrogen-bond acceptors (Lipinski definition) is 3. The van der Waals surface area contributed by atoms with Gasteiger partial charge in [0, 0.05) is 18.5 Å². The Morgan fingerprint density at radius 3 is 2.38 bits per heavy atom. The predicted octanol–water partition coefficient (Wildman–Crippen LogP) is -0.0874. The van der Waals surface area contributed by atoms with E-state index < -0.39 is 12.5 Å². The minimum Gasteiger partial charge on any atom is -0.380 e. The molecule has 0 atom stereocenters. The van der Waals surface area contributed by atoms with Crippen LogP contribution >= 0.6 is 0 Å². The van der Waals surface area contributed by atoms with E-state index in [2.05, 4.69) is 0 Å². The highest BCUT2D eigenvalue weighted by Crippen LogP contribution is 2.38.